The number of carboxylic acid groups (broad SMARTS) is 1. The number of ketones is 2. The Hall–Kier alpha value is -3.75. The topological polar surface area (TPSA) is 228 Å². The van der Waals surface area contributed by atoms with Gasteiger partial charge >= 0.3 is 5.97 Å². The summed E-state index contributed by atoms with van der Waals surface area (Å²) in [5.41, 5.74) is 1.20. The molecule has 0 radical (unpaired) electrons. The number of anilines is 1. The van der Waals surface area contributed by atoms with Crippen LogP contribution in [0.25, 0.3) is 0 Å². The summed E-state index contributed by atoms with van der Waals surface area (Å²) in [7, 11) is 3.07. The maximum absolute atomic E-state index is 13.7. The van der Waals surface area contributed by atoms with Gasteiger partial charge in [0.1, 0.15) is 21.9 Å². The van der Waals surface area contributed by atoms with Crippen molar-refractivity contribution in [3.63, 3.8) is 0 Å². The fraction of sp³-hybridized carbons (Fsp3) is 0.400. The summed E-state index contributed by atoms with van der Waals surface area (Å²) in [6.07, 6.45) is -0.500. The van der Waals surface area contributed by atoms with Crippen LogP contribution in [-0.4, -0.2) is 90.3 Å². The molecule has 1 aromatic rings. The van der Waals surface area contributed by atoms with Gasteiger partial charge in [0, 0.05) is 11.5 Å². The van der Waals surface area contributed by atoms with Gasteiger partial charge in [-0.2, -0.15) is 0 Å². The number of benzene rings is 1. The lowest BCUT2D eigenvalue weighted by Crippen LogP contribution is -2.63. The maximum Gasteiger partial charge on any atom is 0.305 e. The monoisotopic (exact) mass is 607 g/mol. The number of phenolic OH excluding ortho intramolecular Hbond substituents is 1. The van der Waals surface area contributed by atoms with Gasteiger partial charge in [-0.1, -0.05) is 22.0 Å². The summed E-state index contributed by atoms with van der Waals surface area (Å²) in [5.74, 6) is -9.77. The highest BCUT2D eigenvalue weighted by atomic mass is 79.9. The minimum Gasteiger partial charge on any atom is -0.510 e. The molecule has 4 unspecified atom stereocenters. The van der Waals surface area contributed by atoms with Crippen molar-refractivity contribution < 1.29 is 49.5 Å². The van der Waals surface area contributed by atoms with Crippen LogP contribution < -0.4 is 11.1 Å². The third-order valence-corrected chi connectivity index (χ3v) is 8.23. The second-order valence-corrected chi connectivity index (χ2v) is 11.1. The Morgan fingerprint density at radius 2 is 1.85 bits per heavy atom. The Bertz CT molecular complexity index is 1400. The number of aliphatic carboxylic acids is 1. The van der Waals surface area contributed by atoms with E-state index in [9.17, 15) is 44.4 Å². The number of allylic oxidation sites excluding steroid dienone is 1. The summed E-state index contributed by atoms with van der Waals surface area (Å²) in [6.45, 7) is 0. The van der Waals surface area contributed by atoms with Gasteiger partial charge in [-0.25, -0.2) is 0 Å². The third kappa shape index (κ3) is 4.28. The number of nitrogens with two attached hydrogens (primary N) is 1. The predicted molar refractivity (Wildman–Crippen MR) is 137 cm³/mol. The second-order valence-electron chi connectivity index (χ2n) is 10.0. The molecule has 208 valence electrons. The number of carbonyl (C=O) groups excluding carboxylic acids is 4. The van der Waals surface area contributed by atoms with Gasteiger partial charge in [0.15, 0.2) is 17.1 Å². The van der Waals surface area contributed by atoms with Crippen LogP contribution in [0.5, 0.6) is 5.75 Å². The first-order chi connectivity index (χ1) is 18.1. The van der Waals surface area contributed by atoms with Crippen LogP contribution in [-0.2, 0) is 25.6 Å². The zero-order chi connectivity index (χ0) is 29.1. The van der Waals surface area contributed by atoms with Crippen molar-refractivity contribution >= 4 is 51.0 Å². The molecule has 4 rings (SSSR count). The van der Waals surface area contributed by atoms with E-state index in [1.165, 1.54) is 31.1 Å². The number of phenols is 1. The normalized spacial score (nSPS) is 27.1. The Labute approximate surface area is 229 Å². The van der Waals surface area contributed by atoms with Crippen molar-refractivity contribution in [2.45, 2.75) is 35.7 Å². The number of Topliss-reactive ketones (excluding diaryl/α,β-unsaturated/α-hetero) is 2. The minimum absolute atomic E-state index is 0.0501. The average molecular weight is 608 g/mol. The lowest BCUT2D eigenvalue weighted by molar-refractivity contribution is -0.148. The fourth-order valence-corrected chi connectivity index (χ4v) is 6.17. The Morgan fingerprint density at radius 3 is 2.41 bits per heavy atom. The molecular formula is C25H26BrN3O10. The van der Waals surface area contributed by atoms with E-state index in [-0.39, 0.29) is 29.7 Å². The fourth-order valence-electron chi connectivity index (χ4n) is 5.78. The van der Waals surface area contributed by atoms with Crippen molar-refractivity contribution in [2.24, 2.45) is 17.6 Å². The van der Waals surface area contributed by atoms with Gasteiger partial charge < -0.3 is 36.6 Å². The van der Waals surface area contributed by atoms with Crippen LogP contribution in [0.3, 0.4) is 0 Å². The van der Waals surface area contributed by atoms with Crippen LogP contribution in [0.2, 0.25) is 0 Å². The van der Waals surface area contributed by atoms with Gasteiger partial charge in [-0.15, -0.1) is 0 Å². The highest BCUT2D eigenvalue weighted by Gasteiger charge is 2.63. The second kappa shape index (κ2) is 9.77. The molecule has 14 heteroatoms. The van der Waals surface area contributed by atoms with Crippen LogP contribution in [0.15, 0.2) is 34.8 Å². The number of rotatable bonds is 6. The predicted octanol–water partition coefficient (Wildman–Crippen LogP) is 0.297. The van der Waals surface area contributed by atoms with Crippen LogP contribution in [0.4, 0.5) is 5.69 Å². The number of hydrogen-bond acceptors (Lipinski definition) is 10. The van der Waals surface area contributed by atoms with Crippen molar-refractivity contribution in [1.29, 1.82) is 0 Å². The smallest absolute Gasteiger partial charge is 0.305 e. The quantitative estimate of drug-likeness (QED) is 0.132. The first-order valence-corrected chi connectivity index (χ1v) is 12.7. The summed E-state index contributed by atoms with van der Waals surface area (Å²) >= 11 is 2.94. The lowest BCUT2D eigenvalue weighted by Gasteiger charge is -2.50. The number of halogens is 1. The summed E-state index contributed by atoms with van der Waals surface area (Å²) in [5, 5.41) is 55.8. The van der Waals surface area contributed by atoms with E-state index in [0.29, 0.717) is 5.56 Å². The Balaban J connectivity index is 1.81. The molecule has 0 aliphatic heterocycles. The molecule has 0 spiro atoms. The molecule has 0 aromatic heterocycles. The maximum atomic E-state index is 13.7. The van der Waals surface area contributed by atoms with E-state index in [4.69, 9.17) is 10.8 Å². The van der Waals surface area contributed by atoms with E-state index in [2.05, 4.69) is 21.2 Å². The molecular weight excluding hydrogens is 582 g/mol. The van der Waals surface area contributed by atoms with E-state index >= 15 is 0 Å². The largest absolute Gasteiger partial charge is 0.510 e. The van der Waals surface area contributed by atoms with Crippen molar-refractivity contribution in [3.05, 3.63) is 45.9 Å². The molecule has 8 N–H and O–H groups in total. The molecule has 0 saturated carbocycles. The van der Waals surface area contributed by atoms with Crippen molar-refractivity contribution in [3.8, 4) is 5.75 Å². The number of carbonyl (C=O) groups is 5. The Morgan fingerprint density at radius 1 is 1.21 bits per heavy atom. The summed E-state index contributed by atoms with van der Waals surface area (Å²) in [4.78, 5) is 62.6. The average Bonchev–Trinajstić information content (AvgIpc) is 2.82. The number of amides is 2. The summed E-state index contributed by atoms with van der Waals surface area (Å²) in [6, 6.07) is 1.73. The van der Waals surface area contributed by atoms with Gasteiger partial charge in [0.2, 0.25) is 11.7 Å². The third-order valence-electron chi connectivity index (χ3n) is 7.49. The number of carboxylic acids is 1. The number of nitrogens with zero attached hydrogens (tertiary/aromatic N) is 1. The van der Waals surface area contributed by atoms with Gasteiger partial charge in [0.25, 0.3) is 5.91 Å². The number of fused-ring (bicyclic) bond motifs is 3. The summed E-state index contributed by atoms with van der Waals surface area (Å²) < 4.78 is 0. The van der Waals surface area contributed by atoms with Crippen LogP contribution >= 0.6 is 15.9 Å². The number of aromatic hydroxyl groups is 1. The highest BCUT2D eigenvalue weighted by molar-refractivity contribution is 9.10. The van der Waals surface area contributed by atoms with Gasteiger partial charge in [0.05, 0.1) is 23.7 Å². The molecule has 3 aliphatic rings. The number of alkyl halides is 1. The highest BCUT2D eigenvalue weighted by Crippen LogP contribution is 2.52. The molecule has 0 bridgehead atoms. The van der Waals surface area contributed by atoms with E-state index in [1.54, 1.807) is 0 Å². The van der Waals surface area contributed by atoms with E-state index in [0.717, 1.165) is 0 Å². The molecule has 5 atom stereocenters. The first-order valence-electron chi connectivity index (χ1n) is 11.8. The van der Waals surface area contributed by atoms with Gasteiger partial charge in [-0.3, -0.25) is 28.9 Å². The molecule has 39 heavy (non-hydrogen) atoms. The number of nitrogens with one attached hydrogen (secondary N) is 1. The molecule has 0 fully saturated rings. The van der Waals surface area contributed by atoms with Gasteiger partial charge in [-0.05, 0) is 44.5 Å². The molecule has 1 aromatic carbocycles. The molecule has 0 heterocycles. The molecule has 0 saturated heterocycles. The van der Waals surface area contributed by atoms with Crippen LogP contribution in [0.1, 0.15) is 28.8 Å². The lowest BCUT2D eigenvalue weighted by atomic mass is 9.58. The zero-order valence-electron chi connectivity index (χ0n) is 20.8. The van der Waals surface area contributed by atoms with E-state index in [1.807, 2.05) is 0 Å². The van der Waals surface area contributed by atoms with Crippen molar-refractivity contribution in [2.75, 3.05) is 19.4 Å². The number of hydrogen-bond donors (Lipinski definition) is 7. The SMILES string of the molecule is CN(C)C1C(O)=C(C(N)=O)C(=O)C2(O)C(O)=C3C(=O)c4c(ccc(NC(=O)[C@@H](Br)CC(=O)O)c4O)CC3CC12. The number of primary amides is 1. The zero-order valence-corrected chi connectivity index (χ0v) is 22.4. The van der Waals surface area contributed by atoms with Crippen molar-refractivity contribution in [1.82, 2.24) is 4.90 Å². The molecule has 13 nitrogen and oxygen atoms in total. The minimum atomic E-state index is -2.76. The standard InChI is InChI=1S/C25H26BrN3O10/c1-29(2)17-10-6-9-5-8-3-4-12(28-24(38)11(26)7-13(30)31)18(32)14(8)19(33)15(9)21(35)25(10,39)22(36)16(20(17)34)23(27)37/h3-4,9-11,17,32,34-35,39H,5-7H2,1-2H3,(H2,27,37)(H,28,38)(H,30,31)/t9?,10?,11-,17?,25?/m0/s1. The number of aliphatic hydroxyl groups excluding tert-OH is 2. The number of aliphatic hydroxyl groups is 3. The number of likely N-dealkylation sites (N-methyl/N-ethyl adjacent to an activating group) is 1. The van der Waals surface area contributed by atoms with Crippen LogP contribution in [0, 0.1) is 11.8 Å². The van der Waals surface area contributed by atoms with E-state index < -0.39 is 86.9 Å². The molecule has 3 aliphatic carbocycles. The molecule has 2 amide bonds. The first kappa shape index (κ1) is 28.3. The Kier molecular flexibility index (Phi) is 7.08.